The van der Waals surface area contributed by atoms with Gasteiger partial charge in [0, 0.05) is 5.56 Å². The molecule has 0 aromatic heterocycles. The summed E-state index contributed by atoms with van der Waals surface area (Å²) in [4.78, 5) is 10.4. The smallest absolute Gasteiger partial charge is 0.323 e. The molecule has 4 nitrogen and oxygen atoms in total. The van der Waals surface area contributed by atoms with E-state index in [1.807, 2.05) is 0 Å². The molecule has 16 heavy (non-hydrogen) atoms. The molecule has 0 aliphatic rings. The van der Waals surface area contributed by atoms with Crippen molar-refractivity contribution >= 4 is 5.97 Å². The summed E-state index contributed by atoms with van der Waals surface area (Å²) in [5.41, 5.74) is 4.48. The molecule has 0 aliphatic carbocycles. The zero-order valence-electron chi connectivity index (χ0n) is 8.18. The maximum Gasteiger partial charge on any atom is 0.323 e. The number of aliphatic hydroxyl groups is 1. The first-order valence-electron chi connectivity index (χ1n) is 4.47. The minimum absolute atomic E-state index is 0.473. The molecule has 0 spiro atoms. The van der Waals surface area contributed by atoms with Crippen LogP contribution in [-0.4, -0.2) is 28.3 Å². The third-order valence-corrected chi connectivity index (χ3v) is 2.16. The summed E-state index contributed by atoms with van der Waals surface area (Å²) in [6, 6.07) is 4.42. The highest BCUT2D eigenvalue weighted by atomic mass is 19.3. The first-order chi connectivity index (χ1) is 7.37. The fourth-order valence-electron chi connectivity index (χ4n) is 1.19. The van der Waals surface area contributed by atoms with Crippen molar-refractivity contribution in [2.24, 2.45) is 5.73 Å². The highest BCUT2D eigenvalue weighted by Gasteiger charge is 2.45. The van der Waals surface area contributed by atoms with Crippen LogP contribution in [0.1, 0.15) is 5.56 Å². The molecule has 0 heterocycles. The average Bonchev–Trinajstić information content (AvgIpc) is 2.28. The third kappa shape index (κ3) is 2.34. The molecule has 1 rings (SSSR count). The van der Waals surface area contributed by atoms with E-state index in [0.717, 1.165) is 12.1 Å². The van der Waals surface area contributed by atoms with Gasteiger partial charge in [0.05, 0.1) is 0 Å². The van der Waals surface area contributed by atoms with Gasteiger partial charge in [-0.3, -0.25) is 4.79 Å². The maximum absolute atomic E-state index is 13.6. The van der Waals surface area contributed by atoms with Crippen LogP contribution in [0, 0.1) is 0 Å². The quantitative estimate of drug-likeness (QED) is 0.706. The Bertz CT molecular complexity index is 370. The molecule has 0 saturated carbocycles. The van der Waals surface area contributed by atoms with Crippen molar-refractivity contribution in [2.45, 2.75) is 18.1 Å². The Balaban J connectivity index is 2.98. The number of rotatable bonds is 4. The van der Waals surface area contributed by atoms with Crippen LogP contribution in [0.3, 0.4) is 0 Å². The van der Waals surface area contributed by atoms with Gasteiger partial charge in [0.2, 0.25) is 0 Å². The molecule has 0 amide bonds. The molecule has 2 unspecified atom stereocenters. The van der Waals surface area contributed by atoms with E-state index in [2.05, 4.69) is 0 Å². The number of nitrogens with two attached hydrogens (primary N) is 1. The number of aliphatic carboxylic acids is 1. The molecule has 0 radical (unpaired) electrons. The summed E-state index contributed by atoms with van der Waals surface area (Å²) in [5, 5.41) is 17.7. The zero-order chi connectivity index (χ0) is 12.3. The van der Waals surface area contributed by atoms with E-state index >= 15 is 0 Å². The maximum atomic E-state index is 13.6. The minimum atomic E-state index is -3.70. The summed E-state index contributed by atoms with van der Waals surface area (Å²) in [5.74, 6) is -5.37. The number of hydrogen-bond acceptors (Lipinski definition) is 3. The third-order valence-electron chi connectivity index (χ3n) is 2.16. The second-order valence-corrected chi connectivity index (χ2v) is 3.30. The van der Waals surface area contributed by atoms with Crippen molar-refractivity contribution < 1.29 is 23.8 Å². The van der Waals surface area contributed by atoms with Crippen molar-refractivity contribution in [2.75, 3.05) is 0 Å². The van der Waals surface area contributed by atoms with E-state index in [1.54, 1.807) is 0 Å². The predicted molar refractivity (Wildman–Crippen MR) is 52.0 cm³/mol. The molecule has 88 valence electrons. The number of hydrogen-bond donors (Lipinski definition) is 3. The highest BCUT2D eigenvalue weighted by Crippen LogP contribution is 2.32. The van der Waals surface area contributed by atoms with Gasteiger partial charge in [0.15, 0.2) is 0 Å². The van der Waals surface area contributed by atoms with Crippen LogP contribution in [0.2, 0.25) is 0 Å². The number of alkyl halides is 2. The summed E-state index contributed by atoms with van der Waals surface area (Å²) >= 11 is 0. The van der Waals surface area contributed by atoms with Crippen LogP contribution in [0.5, 0.6) is 0 Å². The van der Waals surface area contributed by atoms with Gasteiger partial charge in [-0.15, -0.1) is 0 Å². The number of benzene rings is 1. The van der Waals surface area contributed by atoms with Crippen LogP contribution in [0.25, 0.3) is 0 Å². The van der Waals surface area contributed by atoms with Gasteiger partial charge in [-0.05, 0) is 0 Å². The van der Waals surface area contributed by atoms with Crippen LogP contribution in [-0.2, 0) is 10.7 Å². The van der Waals surface area contributed by atoms with Crippen molar-refractivity contribution in [3.05, 3.63) is 35.9 Å². The average molecular weight is 231 g/mol. The lowest BCUT2D eigenvalue weighted by molar-refractivity contribution is -0.157. The molecule has 4 N–H and O–H groups in total. The normalized spacial score (nSPS) is 15.5. The summed E-state index contributed by atoms with van der Waals surface area (Å²) < 4.78 is 27.1. The molecule has 2 atom stereocenters. The first kappa shape index (κ1) is 12.5. The molecule has 1 aromatic carbocycles. The van der Waals surface area contributed by atoms with Crippen molar-refractivity contribution in [3.8, 4) is 0 Å². The summed E-state index contributed by atoms with van der Waals surface area (Å²) in [6.07, 6.45) is -2.47. The van der Waals surface area contributed by atoms with E-state index in [-0.39, 0.29) is 0 Å². The van der Waals surface area contributed by atoms with Crippen molar-refractivity contribution in [1.29, 1.82) is 0 Å². The fourth-order valence-corrected chi connectivity index (χ4v) is 1.19. The Morgan fingerprint density at radius 2 is 1.81 bits per heavy atom. The van der Waals surface area contributed by atoms with Crippen LogP contribution < -0.4 is 5.73 Å². The molecule has 0 bridgehead atoms. The number of carbonyl (C=O) groups is 1. The lowest BCUT2D eigenvalue weighted by Gasteiger charge is -2.25. The molecule has 0 fully saturated rings. The molecule has 1 aromatic rings. The fraction of sp³-hybridized carbons (Fsp3) is 0.300. The topological polar surface area (TPSA) is 83.6 Å². The van der Waals surface area contributed by atoms with E-state index in [9.17, 15) is 18.7 Å². The molecular formula is C10H11F2NO3. The van der Waals surface area contributed by atoms with Gasteiger partial charge in [-0.2, -0.15) is 8.78 Å². The van der Waals surface area contributed by atoms with Gasteiger partial charge in [0.25, 0.3) is 0 Å². The Labute approximate surface area is 90.3 Å². The largest absolute Gasteiger partial charge is 0.480 e. The SMILES string of the molecule is NC(C(=O)O)C(O)C(F)(F)c1ccccc1. The number of carboxylic acid groups (broad SMARTS) is 1. The van der Waals surface area contributed by atoms with Gasteiger partial charge in [0.1, 0.15) is 12.1 Å². The summed E-state index contributed by atoms with van der Waals surface area (Å²) in [7, 11) is 0. The highest BCUT2D eigenvalue weighted by molar-refractivity contribution is 5.74. The van der Waals surface area contributed by atoms with E-state index in [4.69, 9.17) is 10.8 Å². The van der Waals surface area contributed by atoms with Gasteiger partial charge in [-0.25, -0.2) is 0 Å². The Morgan fingerprint density at radius 3 is 2.25 bits per heavy atom. The Kier molecular flexibility index (Phi) is 3.56. The lowest BCUT2D eigenvalue weighted by Crippen LogP contribution is -2.50. The van der Waals surface area contributed by atoms with E-state index < -0.39 is 29.6 Å². The van der Waals surface area contributed by atoms with Crippen LogP contribution >= 0.6 is 0 Å². The second kappa shape index (κ2) is 4.54. The molecule has 0 aliphatic heterocycles. The van der Waals surface area contributed by atoms with Gasteiger partial charge >= 0.3 is 11.9 Å². The second-order valence-electron chi connectivity index (χ2n) is 3.30. The van der Waals surface area contributed by atoms with E-state index in [1.165, 1.54) is 18.2 Å². The monoisotopic (exact) mass is 231 g/mol. The molecular weight excluding hydrogens is 220 g/mol. The Morgan fingerprint density at radius 1 is 1.31 bits per heavy atom. The first-order valence-corrected chi connectivity index (χ1v) is 4.47. The molecule has 6 heteroatoms. The number of halogens is 2. The van der Waals surface area contributed by atoms with E-state index in [0.29, 0.717) is 0 Å². The zero-order valence-corrected chi connectivity index (χ0v) is 8.18. The standard InChI is InChI=1S/C10H11F2NO3/c11-10(12,6-4-2-1-3-5-6)8(14)7(13)9(15)16/h1-5,7-8,14H,13H2,(H,15,16). The van der Waals surface area contributed by atoms with Crippen molar-refractivity contribution in [1.82, 2.24) is 0 Å². The van der Waals surface area contributed by atoms with Gasteiger partial charge in [-0.1, -0.05) is 30.3 Å². The van der Waals surface area contributed by atoms with Gasteiger partial charge < -0.3 is 15.9 Å². The van der Waals surface area contributed by atoms with Crippen LogP contribution in [0.4, 0.5) is 8.78 Å². The number of aliphatic hydroxyl groups excluding tert-OH is 1. The lowest BCUT2D eigenvalue weighted by atomic mass is 9.98. The number of carboxylic acids is 1. The van der Waals surface area contributed by atoms with Crippen molar-refractivity contribution in [3.63, 3.8) is 0 Å². The van der Waals surface area contributed by atoms with Crippen LogP contribution in [0.15, 0.2) is 30.3 Å². The molecule has 0 saturated heterocycles. The predicted octanol–water partition coefficient (Wildman–Crippen LogP) is 0.551. The summed E-state index contributed by atoms with van der Waals surface area (Å²) in [6.45, 7) is 0. The minimum Gasteiger partial charge on any atom is -0.480 e. The Hall–Kier alpha value is -1.53.